The van der Waals surface area contributed by atoms with E-state index in [1.165, 1.54) is 38.5 Å². The second-order valence-corrected chi connectivity index (χ2v) is 14.1. The second kappa shape index (κ2) is 25.2. The quantitative estimate of drug-likeness (QED) is 0.0409. The lowest BCUT2D eigenvalue weighted by Gasteiger charge is -2.23. The van der Waals surface area contributed by atoms with Crippen LogP contribution in [0.5, 0.6) is 11.5 Å². The van der Waals surface area contributed by atoms with Gasteiger partial charge in [0, 0.05) is 52.1 Å². The smallest absolute Gasteiger partial charge is 0.306 e. The monoisotopic (exact) mass is 772 g/mol. The van der Waals surface area contributed by atoms with Crippen molar-refractivity contribution in [2.24, 2.45) is 0 Å². The van der Waals surface area contributed by atoms with Gasteiger partial charge in [-0.1, -0.05) is 119 Å². The molecule has 0 N–H and O–H groups in total. The van der Waals surface area contributed by atoms with Crippen molar-refractivity contribution in [1.29, 1.82) is 0 Å². The van der Waals surface area contributed by atoms with Crippen LogP contribution in [0.1, 0.15) is 118 Å². The number of ether oxygens (including phenoxy) is 6. The number of carbonyl (C=O) groups is 2. The minimum absolute atomic E-state index is 0.141. The molecule has 0 aliphatic heterocycles. The zero-order valence-electron chi connectivity index (χ0n) is 31.5. The first kappa shape index (κ1) is 42.5. The van der Waals surface area contributed by atoms with Crippen molar-refractivity contribution in [2.45, 2.75) is 130 Å². The Morgan fingerprint density at radius 2 is 1.00 bits per heavy atom. The highest BCUT2D eigenvalue weighted by Crippen LogP contribution is 2.44. The summed E-state index contributed by atoms with van der Waals surface area (Å²) in [6.45, 7) is 10.4. The van der Waals surface area contributed by atoms with E-state index < -0.39 is 12.2 Å². The first-order chi connectivity index (χ1) is 24.9. The third-order valence-electron chi connectivity index (χ3n) is 8.61. The van der Waals surface area contributed by atoms with Gasteiger partial charge in [0.2, 0.25) is 0 Å². The summed E-state index contributed by atoms with van der Waals surface area (Å²) < 4.78 is 37.6. The first-order valence-corrected chi connectivity index (χ1v) is 20.1. The maximum absolute atomic E-state index is 12.6. The van der Waals surface area contributed by atoms with Gasteiger partial charge in [0.25, 0.3) is 0 Å². The van der Waals surface area contributed by atoms with Gasteiger partial charge in [0.05, 0.1) is 13.2 Å². The van der Waals surface area contributed by atoms with Crippen LogP contribution in [-0.2, 0) is 28.5 Å². The predicted octanol–water partition coefficient (Wildman–Crippen LogP) is 10.9. The van der Waals surface area contributed by atoms with E-state index in [1.54, 1.807) is 0 Å². The number of benzene rings is 3. The molecule has 0 aliphatic rings. The third-order valence-corrected chi connectivity index (χ3v) is 9.10. The van der Waals surface area contributed by atoms with Crippen LogP contribution in [0.3, 0.4) is 0 Å². The molecule has 284 valence electrons. The summed E-state index contributed by atoms with van der Waals surface area (Å²) in [5, 5.41) is 3.42. The van der Waals surface area contributed by atoms with Gasteiger partial charge in [-0.15, -0.1) is 0 Å². The van der Waals surface area contributed by atoms with Crippen LogP contribution in [0.4, 0.5) is 0 Å². The molecule has 51 heavy (non-hydrogen) atoms. The Morgan fingerprint density at radius 1 is 0.549 bits per heavy atom. The molecule has 0 radical (unpaired) electrons. The van der Waals surface area contributed by atoms with Crippen LogP contribution in [0.2, 0.25) is 0 Å². The molecule has 2 atom stereocenters. The van der Waals surface area contributed by atoms with Crippen LogP contribution < -0.4 is 9.47 Å². The Labute approximate surface area is 314 Å². The fourth-order valence-corrected chi connectivity index (χ4v) is 6.27. The summed E-state index contributed by atoms with van der Waals surface area (Å²) in [5.74, 6) is 0.833. The van der Waals surface area contributed by atoms with Crippen molar-refractivity contribution in [2.75, 3.05) is 39.6 Å². The summed E-state index contributed by atoms with van der Waals surface area (Å²) in [6, 6.07) is 13.9. The summed E-state index contributed by atoms with van der Waals surface area (Å²) in [4.78, 5) is 25.1. The topological polar surface area (TPSA) is 89.5 Å². The van der Waals surface area contributed by atoms with E-state index in [0.717, 1.165) is 51.7 Å². The molecule has 9 heteroatoms. The Balaban J connectivity index is 1.83. The van der Waals surface area contributed by atoms with E-state index in [0.29, 0.717) is 50.4 Å². The van der Waals surface area contributed by atoms with Crippen LogP contribution in [0.25, 0.3) is 21.5 Å². The molecule has 0 saturated carbocycles. The van der Waals surface area contributed by atoms with Gasteiger partial charge in [-0.2, -0.15) is 0 Å². The lowest BCUT2D eigenvalue weighted by Crippen LogP contribution is -2.30. The maximum Gasteiger partial charge on any atom is 0.306 e. The van der Waals surface area contributed by atoms with E-state index in [4.69, 9.17) is 28.4 Å². The first-order valence-electron chi connectivity index (χ1n) is 19.4. The van der Waals surface area contributed by atoms with E-state index in [1.807, 2.05) is 56.3 Å². The molecule has 0 bridgehead atoms. The van der Waals surface area contributed by atoms with Crippen LogP contribution in [0.15, 0.2) is 46.9 Å². The van der Waals surface area contributed by atoms with Gasteiger partial charge in [0.1, 0.15) is 24.7 Å². The van der Waals surface area contributed by atoms with Crippen molar-refractivity contribution in [3.8, 4) is 11.5 Å². The summed E-state index contributed by atoms with van der Waals surface area (Å²) in [5.41, 5.74) is 0. The number of esters is 2. The number of rotatable bonds is 28. The highest BCUT2D eigenvalue weighted by molar-refractivity contribution is 9.10. The van der Waals surface area contributed by atoms with E-state index in [2.05, 4.69) is 29.8 Å². The van der Waals surface area contributed by atoms with Crippen molar-refractivity contribution in [3.05, 3.63) is 46.9 Å². The second-order valence-electron chi connectivity index (χ2n) is 13.2. The zero-order chi connectivity index (χ0) is 36.7. The fourth-order valence-electron chi connectivity index (χ4n) is 5.91. The number of fused-ring (bicyclic) bond motifs is 2. The average Bonchev–Trinajstić information content (AvgIpc) is 3.12. The molecule has 0 fully saturated rings. The lowest BCUT2D eigenvalue weighted by atomic mass is 10.0. The van der Waals surface area contributed by atoms with Crippen molar-refractivity contribution >= 4 is 49.4 Å². The third kappa shape index (κ3) is 15.3. The van der Waals surface area contributed by atoms with Gasteiger partial charge < -0.3 is 28.4 Å². The maximum atomic E-state index is 12.6. The predicted molar refractivity (Wildman–Crippen MR) is 209 cm³/mol. The van der Waals surface area contributed by atoms with Gasteiger partial charge in [-0.05, 0) is 43.9 Å². The van der Waals surface area contributed by atoms with Crippen LogP contribution in [0, 0.1) is 0 Å². The molecule has 0 aromatic heterocycles. The molecule has 0 saturated heterocycles. The molecule has 0 heterocycles. The SMILES string of the molecule is CCCCCCCOCC(COc1c2ccccc2c(OCC(COCCCCCCC)OC(=O)CCC)c2cc(Br)ccc12)OC(=O)CCC. The number of unbranched alkanes of at least 4 members (excludes halogenated alkanes) is 8. The van der Waals surface area contributed by atoms with Crippen molar-refractivity contribution < 1.29 is 38.0 Å². The highest BCUT2D eigenvalue weighted by Gasteiger charge is 2.22. The lowest BCUT2D eigenvalue weighted by molar-refractivity contribution is -0.155. The largest absolute Gasteiger partial charge is 0.488 e. The molecule has 3 aromatic rings. The number of carbonyl (C=O) groups excluding carboxylic acids is 2. The number of hydrogen-bond donors (Lipinski definition) is 0. The zero-order valence-corrected chi connectivity index (χ0v) is 33.1. The summed E-state index contributed by atoms with van der Waals surface area (Å²) >= 11 is 3.65. The van der Waals surface area contributed by atoms with Gasteiger partial charge in [-0.3, -0.25) is 9.59 Å². The summed E-state index contributed by atoms with van der Waals surface area (Å²) in [7, 11) is 0. The normalized spacial score (nSPS) is 12.6. The van der Waals surface area contributed by atoms with Crippen LogP contribution >= 0.6 is 15.9 Å². The highest BCUT2D eigenvalue weighted by atomic mass is 79.9. The van der Waals surface area contributed by atoms with E-state index in [-0.39, 0.29) is 38.4 Å². The summed E-state index contributed by atoms with van der Waals surface area (Å²) in [6.07, 6.45) is 12.5. The number of hydrogen-bond acceptors (Lipinski definition) is 8. The van der Waals surface area contributed by atoms with Gasteiger partial charge >= 0.3 is 11.9 Å². The Hall–Kier alpha value is -2.88. The molecule has 3 aromatic carbocycles. The Kier molecular flexibility index (Phi) is 21.0. The molecular weight excluding hydrogens is 712 g/mol. The van der Waals surface area contributed by atoms with Crippen molar-refractivity contribution in [3.63, 3.8) is 0 Å². The van der Waals surface area contributed by atoms with Crippen LogP contribution in [-0.4, -0.2) is 63.8 Å². The molecule has 3 rings (SSSR count). The fraction of sp³-hybridized carbons (Fsp3) is 0.619. The number of halogens is 1. The van der Waals surface area contributed by atoms with Crippen molar-refractivity contribution in [1.82, 2.24) is 0 Å². The Morgan fingerprint density at radius 3 is 1.47 bits per heavy atom. The Bertz CT molecular complexity index is 1440. The molecule has 8 nitrogen and oxygen atoms in total. The standard InChI is InChI=1S/C42H61BrO8/c1-5-9-11-13-17-25-46-28-33(50-39(44)19-7-3)30-48-41-35-21-15-16-22-36(35)42(38-27-32(43)23-24-37(38)41)49-31-34(51-40(45)20-8-4)29-47-26-18-14-12-10-6-2/h15-16,21-24,27,33-34H,5-14,17-20,25-26,28-31H2,1-4H3. The minimum atomic E-state index is -0.554. The minimum Gasteiger partial charge on any atom is -0.488 e. The molecule has 0 spiro atoms. The van der Waals surface area contributed by atoms with Gasteiger partial charge in [-0.25, -0.2) is 0 Å². The molecular formula is C42H61BrO8. The van der Waals surface area contributed by atoms with E-state index >= 15 is 0 Å². The van der Waals surface area contributed by atoms with Gasteiger partial charge in [0.15, 0.2) is 12.2 Å². The molecule has 2 unspecified atom stereocenters. The molecule has 0 aliphatic carbocycles. The molecule has 0 amide bonds. The van der Waals surface area contributed by atoms with E-state index in [9.17, 15) is 9.59 Å². The average molecular weight is 774 g/mol.